The maximum absolute atomic E-state index is 12.5. The molecule has 1 unspecified atom stereocenters. The van der Waals surface area contributed by atoms with E-state index in [1.165, 1.54) is 29.2 Å². The molecule has 2 rings (SSSR count). The lowest BCUT2D eigenvalue weighted by molar-refractivity contribution is -0.384. The molecule has 9 heteroatoms. The molecule has 0 bridgehead atoms. The van der Waals surface area contributed by atoms with E-state index in [9.17, 15) is 19.7 Å². The average Bonchev–Trinajstić information content (AvgIpc) is 2.60. The Balaban J connectivity index is 2.52. The van der Waals surface area contributed by atoms with E-state index in [4.69, 9.17) is 9.47 Å². The molecule has 1 atom stereocenters. The van der Waals surface area contributed by atoms with Crippen molar-refractivity contribution in [3.8, 4) is 0 Å². The van der Waals surface area contributed by atoms with Gasteiger partial charge in [0.1, 0.15) is 6.73 Å². The van der Waals surface area contributed by atoms with Gasteiger partial charge in [-0.3, -0.25) is 15.0 Å². The number of rotatable bonds is 7. The Bertz CT molecular complexity index is 729. The van der Waals surface area contributed by atoms with Crippen LogP contribution in [0.2, 0.25) is 0 Å². The number of ether oxygens (including phenoxy) is 2. The first kappa shape index (κ1) is 19.4. The van der Waals surface area contributed by atoms with E-state index >= 15 is 0 Å². The van der Waals surface area contributed by atoms with Crippen molar-refractivity contribution in [1.82, 2.24) is 10.2 Å². The lowest BCUT2D eigenvalue weighted by atomic mass is 9.94. The molecule has 0 saturated heterocycles. The van der Waals surface area contributed by atoms with Crippen LogP contribution in [0, 0.1) is 10.1 Å². The molecule has 0 saturated carbocycles. The van der Waals surface area contributed by atoms with Gasteiger partial charge >= 0.3 is 12.0 Å². The molecule has 0 spiro atoms. The minimum absolute atomic E-state index is 0.0415. The number of esters is 1. The fourth-order valence-corrected chi connectivity index (χ4v) is 2.70. The quantitative estimate of drug-likeness (QED) is 0.453. The van der Waals surface area contributed by atoms with E-state index in [1.807, 2.05) is 0 Å². The van der Waals surface area contributed by atoms with Crippen molar-refractivity contribution in [3.63, 3.8) is 0 Å². The lowest BCUT2D eigenvalue weighted by Crippen LogP contribution is -2.49. The molecule has 1 aliphatic heterocycles. The Kier molecular flexibility index (Phi) is 6.29. The Hall–Kier alpha value is -2.94. The van der Waals surface area contributed by atoms with Gasteiger partial charge in [0.25, 0.3) is 5.69 Å². The number of urea groups is 1. The molecule has 9 nitrogen and oxygen atoms in total. The van der Waals surface area contributed by atoms with Crippen LogP contribution in [0.4, 0.5) is 10.5 Å². The van der Waals surface area contributed by atoms with Gasteiger partial charge in [-0.1, -0.05) is 0 Å². The van der Waals surface area contributed by atoms with E-state index in [1.54, 1.807) is 20.8 Å². The predicted molar refractivity (Wildman–Crippen MR) is 92.0 cm³/mol. The van der Waals surface area contributed by atoms with E-state index in [0.29, 0.717) is 17.9 Å². The highest BCUT2D eigenvalue weighted by Gasteiger charge is 2.38. The van der Waals surface area contributed by atoms with Crippen LogP contribution in [0.1, 0.15) is 32.4 Å². The molecule has 2 amide bonds. The van der Waals surface area contributed by atoms with Crippen LogP contribution in [-0.4, -0.2) is 41.8 Å². The first-order valence-corrected chi connectivity index (χ1v) is 8.18. The highest BCUT2D eigenvalue weighted by molar-refractivity contribution is 5.95. The first-order valence-electron chi connectivity index (χ1n) is 8.18. The van der Waals surface area contributed by atoms with Crippen LogP contribution in [-0.2, 0) is 14.3 Å². The van der Waals surface area contributed by atoms with E-state index in [-0.39, 0.29) is 24.6 Å². The van der Waals surface area contributed by atoms with Crippen molar-refractivity contribution in [1.29, 1.82) is 0 Å². The van der Waals surface area contributed by atoms with Crippen LogP contribution >= 0.6 is 0 Å². The summed E-state index contributed by atoms with van der Waals surface area (Å²) in [5.74, 6) is -0.560. The molecule has 1 aliphatic rings. The molecule has 26 heavy (non-hydrogen) atoms. The number of amides is 2. The zero-order valence-corrected chi connectivity index (χ0v) is 14.9. The summed E-state index contributed by atoms with van der Waals surface area (Å²) in [6, 6.07) is 4.51. The van der Waals surface area contributed by atoms with Crippen molar-refractivity contribution >= 4 is 17.7 Å². The van der Waals surface area contributed by atoms with E-state index in [2.05, 4.69) is 5.32 Å². The molecule has 0 fully saturated rings. The van der Waals surface area contributed by atoms with Crippen molar-refractivity contribution in [2.24, 2.45) is 0 Å². The Morgan fingerprint density at radius 3 is 2.46 bits per heavy atom. The van der Waals surface area contributed by atoms with Gasteiger partial charge in [0, 0.05) is 24.4 Å². The number of hydrogen-bond donors (Lipinski definition) is 1. The van der Waals surface area contributed by atoms with E-state index in [0.717, 1.165) is 0 Å². The number of benzene rings is 1. The number of allylic oxidation sites excluding steroid dienone is 1. The zero-order valence-electron chi connectivity index (χ0n) is 14.9. The zero-order chi connectivity index (χ0) is 19.3. The second-order valence-electron chi connectivity index (χ2n) is 5.53. The Morgan fingerprint density at radius 2 is 1.92 bits per heavy atom. The second-order valence-corrected chi connectivity index (χ2v) is 5.53. The summed E-state index contributed by atoms with van der Waals surface area (Å²) < 4.78 is 10.5. The standard InChI is InChI=1S/C17H21N3O6/c1-4-25-10-19-15(12-6-8-13(9-7-12)20(23)24)14(16(21)26-5-2)11(3)18-17(19)22/h6-9,15H,4-5,10H2,1-3H3,(H,18,22). The second kappa shape index (κ2) is 8.43. The van der Waals surface area contributed by atoms with Crippen LogP contribution in [0.25, 0.3) is 0 Å². The number of nitrogens with zero attached hydrogens (tertiary/aromatic N) is 2. The largest absolute Gasteiger partial charge is 0.463 e. The van der Waals surface area contributed by atoms with Crippen molar-refractivity contribution < 1.29 is 24.0 Å². The third kappa shape index (κ3) is 3.99. The summed E-state index contributed by atoms with van der Waals surface area (Å²) in [5, 5.41) is 13.5. The molecular weight excluding hydrogens is 342 g/mol. The summed E-state index contributed by atoms with van der Waals surface area (Å²) in [4.78, 5) is 36.6. The van der Waals surface area contributed by atoms with Gasteiger partial charge in [-0.15, -0.1) is 0 Å². The highest BCUT2D eigenvalue weighted by atomic mass is 16.6. The number of nitrogens with one attached hydrogen (secondary N) is 1. The van der Waals surface area contributed by atoms with Crippen LogP contribution in [0.15, 0.2) is 35.5 Å². The molecular formula is C17H21N3O6. The molecule has 140 valence electrons. The summed E-state index contributed by atoms with van der Waals surface area (Å²) in [5.41, 5.74) is 1.11. The SMILES string of the molecule is CCOCN1C(=O)NC(C)=C(C(=O)OCC)C1c1ccc([N+](=O)[O-])cc1. The highest BCUT2D eigenvalue weighted by Crippen LogP contribution is 2.34. The number of hydrogen-bond acceptors (Lipinski definition) is 6. The monoisotopic (exact) mass is 363 g/mol. The maximum atomic E-state index is 12.5. The number of carbonyl (C=O) groups is 2. The topological polar surface area (TPSA) is 111 Å². The molecule has 0 aliphatic carbocycles. The number of nitro benzene ring substituents is 1. The molecule has 1 heterocycles. The van der Waals surface area contributed by atoms with Gasteiger partial charge in [-0.2, -0.15) is 0 Å². The van der Waals surface area contributed by atoms with Gasteiger partial charge < -0.3 is 14.8 Å². The fourth-order valence-electron chi connectivity index (χ4n) is 2.70. The smallest absolute Gasteiger partial charge is 0.338 e. The van der Waals surface area contributed by atoms with Crippen LogP contribution < -0.4 is 5.32 Å². The predicted octanol–water partition coefficient (Wildman–Crippen LogP) is 2.49. The molecule has 1 aromatic carbocycles. The normalized spacial score (nSPS) is 17.1. The fraction of sp³-hybridized carbons (Fsp3) is 0.412. The van der Waals surface area contributed by atoms with Crippen molar-refractivity contribution in [3.05, 3.63) is 51.2 Å². The third-order valence-corrected chi connectivity index (χ3v) is 3.89. The van der Waals surface area contributed by atoms with Crippen LogP contribution in [0.5, 0.6) is 0 Å². The average molecular weight is 363 g/mol. The third-order valence-electron chi connectivity index (χ3n) is 3.89. The number of carbonyl (C=O) groups excluding carboxylic acids is 2. The van der Waals surface area contributed by atoms with E-state index < -0.39 is 23.0 Å². The van der Waals surface area contributed by atoms with Gasteiger partial charge in [-0.05, 0) is 38.5 Å². The van der Waals surface area contributed by atoms with Gasteiger partial charge in [0.05, 0.1) is 23.1 Å². The minimum atomic E-state index is -0.768. The van der Waals surface area contributed by atoms with Crippen molar-refractivity contribution in [2.75, 3.05) is 19.9 Å². The first-order chi connectivity index (χ1) is 12.4. The Labute approximate surface area is 150 Å². The summed E-state index contributed by atoms with van der Waals surface area (Å²) in [6.07, 6.45) is 0. The molecule has 1 aromatic rings. The van der Waals surface area contributed by atoms with Gasteiger partial charge in [0.15, 0.2) is 0 Å². The van der Waals surface area contributed by atoms with Gasteiger partial charge in [0.2, 0.25) is 0 Å². The lowest BCUT2D eigenvalue weighted by Gasteiger charge is -2.37. The van der Waals surface area contributed by atoms with Crippen molar-refractivity contribution in [2.45, 2.75) is 26.8 Å². The molecule has 0 radical (unpaired) electrons. The summed E-state index contributed by atoms with van der Waals surface area (Å²) >= 11 is 0. The van der Waals surface area contributed by atoms with Crippen LogP contribution in [0.3, 0.4) is 0 Å². The maximum Gasteiger partial charge on any atom is 0.338 e. The molecule has 0 aromatic heterocycles. The summed E-state index contributed by atoms with van der Waals surface area (Å²) in [6.45, 7) is 5.61. The number of nitro groups is 1. The van der Waals surface area contributed by atoms with Gasteiger partial charge in [-0.25, -0.2) is 9.59 Å². The number of non-ortho nitro benzene ring substituents is 1. The molecule has 1 N–H and O–H groups in total. The Morgan fingerprint density at radius 1 is 1.27 bits per heavy atom. The summed E-state index contributed by atoms with van der Waals surface area (Å²) in [7, 11) is 0. The minimum Gasteiger partial charge on any atom is -0.463 e.